The molecule has 1 aromatic rings. The fourth-order valence-corrected chi connectivity index (χ4v) is 4.82. The van der Waals surface area contributed by atoms with Gasteiger partial charge in [-0.3, -0.25) is 0 Å². The average Bonchev–Trinajstić information content (AvgIpc) is 2.63. The van der Waals surface area contributed by atoms with Gasteiger partial charge in [0.1, 0.15) is 5.82 Å². The van der Waals surface area contributed by atoms with Crippen LogP contribution in [0.1, 0.15) is 68.4 Å². The Kier molecular flexibility index (Phi) is 6.32. The van der Waals surface area contributed by atoms with Crippen LogP contribution in [0.15, 0.2) is 30.4 Å². The van der Waals surface area contributed by atoms with Crippen LogP contribution in [0.2, 0.25) is 6.04 Å². The first-order chi connectivity index (χ1) is 11.7. The Morgan fingerprint density at radius 1 is 0.958 bits per heavy atom. The molecule has 0 spiro atoms. The van der Waals surface area contributed by atoms with E-state index in [0.29, 0.717) is 5.92 Å². The van der Waals surface area contributed by atoms with Gasteiger partial charge in [0.25, 0.3) is 0 Å². The zero-order chi connectivity index (χ0) is 16.9. The van der Waals surface area contributed by atoms with Crippen molar-refractivity contribution >= 4 is 10.2 Å². The van der Waals surface area contributed by atoms with Gasteiger partial charge in [-0.2, -0.15) is 0 Å². The molecular formula is C22H30FSi. The molecule has 2 saturated carbocycles. The Bertz CT molecular complexity index is 549. The van der Waals surface area contributed by atoms with Gasteiger partial charge in [0.05, 0.1) is 0 Å². The standard InChI is InChI=1S/C22H30FSi/c1-16-2-11-21(14-22(16)23)20-12-9-18(10-13-20)4-3-17-5-7-19(15-24)8-6-17/h2-4,11,14,17-20H,5-10,12-13,15H2,1H3/b4-3+. The second-order valence-electron chi connectivity index (χ2n) is 7.99. The van der Waals surface area contributed by atoms with Gasteiger partial charge >= 0.3 is 0 Å². The molecule has 2 aliphatic rings. The molecule has 3 radical (unpaired) electrons. The molecular weight excluding hydrogens is 311 g/mol. The monoisotopic (exact) mass is 341 g/mol. The van der Waals surface area contributed by atoms with Crippen molar-refractivity contribution in [3.63, 3.8) is 0 Å². The summed E-state index contributed by atoms with van der Waals surface area (Å²) < 4.78 is 13.8. The van der Waals surface area contributed by atoms with Crippen LogP contribution in [-0.2, 0) is 0 Å². The Morgan fingerprint density at radius 3 is 2.08 bits per heavy atom. The van der Waals surface area contributed by atoms with E-state index in [1.807, 2.05) is 13.0 Å². The van der Waals surface area contributed by atoms with Gasteiger partial charge in [-0.1, -0.05) is 43.2 Å². The summed E-state index contributed by atoms with van der Waals surface area (Å²) in [5, 5.41) is 0. The first kappa shape index (κ1) is 17.9. The van der Waals surface area contributed by atoms with Crippen LogP contribution < -0.4 is 0 Å². The van der Waals surface area contributed by atoms with E-state index in [1.165, 1.54) is 63.0 Å². The molecule has 0 saturated heterocycles. The minimum atomic E-state index is -0.0477. The van der Waals surface area contributed by atoms with Crippen molar-refractivity contribution in [2.75, 3.05) is 0 Å². The van der Waals surface area contributed by atoms with Crippen molar-refractivity contribution in [3.05, 3.63) is 47.3 Å². The molecule has 1 aromatic carbocycles. The lowest BCUT2D eigenvalue weighted by Crippen LogP contribution is -2.14. The minimum absolute atomic E-state index is 0.0477. The van der Waals surface area contributed by atoms with Crippen LogP contribution in [-0.4, -0.2) is 10.2 Å². The molecule has 0 aliphatic heterocycles. The maximum absolute atomic E-state index is 13.8. The van der Waals surface area contributed by atoms with E-state index in [0.717, 1.165) is 23.3 Å². The Labute approximate surface area is 150 Å². The third-order valence-corrected chi connectivity index (χ3v) is 6.85. The first-order valence-corrected chi connectivity index (χ1v) is 10.5. The second kappa shape index (κ2) is 8.47. The highest BCUT2D eigenvalue weighted by Gasteiger charge is 2.22. The lowest BCUT2D eigenvalue weighted by molar-refractivity contribution is 0.327. The highest BCUT2D eigenvalue weighted by atomic mass is 28.1. The highest BCUT2D eigenvalue weighted by molar-refractivity contribution is 6.08. The van der Waals surface area contributed by atoms with E-state index in [-0.39, 0.29) is 5.82 Å². The van der Waals surface area contributed by atoms with Crippen molar-refractivity contribution < 1.29 is 4.39 Å². The first-order valence-electron chi connectivity index (χ1n) is 9.74. The van der Waals surface area contributed by atoms with E-state index in [9.17, 15) is 4.39 Å². The van der Waals surface area contributed by atoms with Crippen LogP contribution in [0, 0.1) is 30.5 Å². The normalized spacial score (nSPS) is 31.5. The maximum Gasteiger partial charge on any atom is 0.126 e. The second-order valence-corrected chi connectivity index (χ2v) is 8.40. The topological polar surface area (TPSA) is 0 Å². The summed E-state index contributed by atoms with van der Waals surface area (Å²) in [7, 11) is 3.67. The van der Waals surface area contributed by atoms with E-state index in [2.05, 4.69) is 28.5 Å². The third-order valence-electron chi connectivity index (χ3n) is 6.27. The summed E-state index contributed by atoms with van der Waals surface area (Å²) in [6.07, 6.45) is 15.4. The molecule has 3 rings (SSSR count). The predicted octanol–water partition coefficient (Wildman–Crippen LogP) is 6.36. The number of aryl methyl sites for hydroxylation is 1. The quantitative estimate of drug-likeness (QED) is 0.442. The Hall–Kier alpha value is -0.893. The number of allylic oxidation sites excluding steroid dienone is 2. The number of rotatable bonds is 4. The lowest BCUT2D eigenvalue weighted by atomic mass is 9.77. The average molecular weight is 342 g/mol. The van der Waals surface area contributed by atoms with Gasteiger partial charge in [0, 0.05) is 10.2 Å². The summed E-state index contributed by atoms with van der Waals surface area (Å²) in [5.74, 6) is 2.96. The smallest absolute Gasteiger partial charge is 0.126 e. The van der Waals surface area contributed by atoms with Gasteiger partial charge in [-0.25, -0.2) is 4.39 Å². The number of halogens is 1. The fourth-order valence-electron chi connectivity index (χ4n) is 4.41. The molecule has 24 heavy (non-hydrogen) atoms. The molecule has 0 atom stereocenters. The molecule has 0 amide bonds. The van der Waals surface area contributed by atoms with Crippen LogP contribution in [0.25, 0.3) is 0 Å². The van der Waals surface area contributed by atoms with Crippen LogP contribution in [0.4, 0.5) is 4.39 Å². The van der Waals surface area contributed by atoms with Crippen LogP contribution >= 0.6 is 0 Å². The summed E-state index contributed by atoms with van der Waals surface area (Å²) >= 11 is 0. The van der Waals surface area contributed by atoms with Gasteiger partial charge in [-0.05, 0) is 86.3 Å². The zero-order valence-corrected chi connectivity index (χ0v) is 15.9. The van der Waals surface area contributed by atoms with Gasteiger partial charge in [-0.15, -0.1) is 0 Å². The minimum Gasteiger partial charge on any atom is -0.207 e. The van der Waals surface area contributed by atoms with Crippen molar-refractivity contribution in [1.82, 2.24) is 0 Å². The lowest BCUT2D eigenvalue weighted by Gasteiger charge is -2.29. The van der Waals surface area contributed by atoms with Crippen LogP contribution in [0.3, 0.4) is 0 Å². The molecule has 2 aliphatic carbocycles. The predicted molar refractivity (Wildman–Crippen MR) is 101 cm³/mol. The number of hydrogen-bond acceptors (Lipinski definition) is 0. The Balaban J connectivity index is 1.46. The van der Waals surface area contributed by atoms with E-state index >= 15 is 0 Å². The third kappa shape index (κ3) is 4.59. The van der Waals surface area contributed by atoms with Crippen LogP contribution in [0.5, 0.6) is 0 Å². The molecule has 0 bridgehead atoms. The summed E-state index contributed by atoms with van der Waals surface area (Å²) in [5.41, 5.74) is 1.96. The summed E-state index contributed by atoms with van der Waals surface area (Å²) in [6.45, 7) is 1.84. The Morgan fingerprint density at radius 2 is 1.54 bits per heavy atom. The van der Waals surface area contributed by atoms with Gasteiger partial charge < -0.3 is 0 Å². The van der Waals surface area contributed by atoms with Crippen molar-refractivity contribution in [2.24, 2.45) is 17.8 Å². The largest absolute Gasteiger partial charge is 0.207 e. The van der Waals surface area contributed by atoms with E-state index < -0.39 is 0 Å². The van der Waals surface area contributed by atoms with Crippen molar-refractivity contribution in [3.8, 4) is 0 Å². The fraction of sp³-hybridized carbons (Fsp3) is 0.636. The molecule has 0 nitrogen and oxygen atoms in total. The SMILES string of the molecule is Cc1ccc(C2CCC(/C=C/C3CCC(C[Si])CC3)CC2)cc1F. The molecule has 0 unspecified atom stereocenters. The van der Waals surface area contributed by atoms with E-state index in [4.69, 9.17) is 0 Å². The zero-order valence-electron chi connectivity index (χ0n) is 14.9. The number of benzene rings is 1. The summed E-state index contributed by atoms with van der Waals surface area (Å²) in [4.78, 5) is 0. The molecule has 0 aromatic heterocycles. The molecule has 2 heteroatoms. The molecule has 0 N–H and O–H groups in total. The molecule has 2 fully saturated rings. The van der Waals surface area contributed by atoms with E-state index in [1.54, 1.807) is 6.07 Å². The molecule has 129 valence electrons. The van der Waals surface area contributed by atoms with Crippen molar-refractivity contribution in [2.45, 2.75) is 70.3 Å². The van der Waals surface area contributed by atoms with Crippen molar-refractivity contribution in [1.29, 1.82) is 0 Å². The van der Waals surface area contributed by atoms with Gasteiger partial charge in [0.15, 0.2) is 0 Å². The summed E-state index contributed by atoms with van der Waals surface area (Å²) in [6, 6.07) is 6.99. The van der Waals surface area contributed by atoms with Gasteiger partial charge in [0.2, 0.25) is 0 Å². The highest BCUT2D eigenvalue weighted by Crippen LogP contribution is 2.37. The number of hydrogen-bond donors (Lipinski definition) is 0. The molecule has 0 heterocycles. The maximum atomic E-state index is 13.8.